The van der Waals surface area contributed by atoms with Crippen LogP contribution < -0.4 is 10.6 Å². The second-order valence-corrected chi connectivity index (χ2v) is 6.08. The second-order valence-electron chi connectivity index (χ2n) is 4.72. The molecule has 0 saturated carbocycles. The third kappa shape index (κ3) is 4.89. The van der Waals surface area contributed by atoms with Crippen molar-refractivity contribution in [1.29, 1.82) is 0 Å². The van der Waals surface area contributed by atoms with Crippen LogP contribution in [0.1, 0.15) is 5.56 Å². The molecule has 0 spiro atoms. The van der Waals surface area contributed by atoms with Crippen molar-refractivity contribution in [2.75, 3.05) is 11.9 Å². The number of pyridine rings is 1. The lowest BCUT2D eigenvalue weighted by Gasteiger charge is -2.10. The summed E-state index contributed by atoms with van der Waals surface area (Å²) in [5.41, 5.74) is -0.928. The highest BCUT2D eigenvalue weighted by atomic mass is 35.5. The topological polar surface area (TPSA) is 71.8 Å². The zero-order valence-corrected chi connectivity index (χ0v) is 14.5. The predicted molar refractivity (Wildman–Crippen MR) is 88.8 cm³/mol. The summed E-state index contributed by atoms with van der Waals surface area (Å²) in [4.78, 5) is 19.5. The van der Waals surface area contributed by atoms with Gasteiger partial charge >= 0.3 is 12.2 Å². The number of anilines is 1. The number of imidazole rings is 1. The van der Waals surface area contributed by atoms with Gasteiger partial charge in [0.05, 0.1) is 16.8 Å². The lowest BCUT2D eigenvalue weighted by atomic mass is 10.3. The summed E-state index contributed by atoms with van der Waals surface area (Å²) in [6.45, 7) is 3.79. The van der Waals surface area contributed by atoms with E-state index < -0.39 is 17.8 Å². The minimum atomic E-state index is -4.51. The average Bonchev–Trinajstić information content (AvgIpc) is 2.87. The monoisotopic (exact) mass is 391 g/mol. The number of amides is 2. The molecule has 2 heterocycles. The molecule has 2 N–H and O–H groups in total. The van der Waals surface area contributed by atoms with Gasteiger partial charge in [-0.15, -0.1) is 6.58 Å². The van der Waals surface area contributed by atoms with Gasteiger partial charge in [0.15, 0.2) is 5.16 Å². The van der Waals surface area contributed by atoms with Crippen LogP contribution in [0.2, 0.25) is 5.02 Å². The first-order chi connectivity index (χ1) is 11.7. The van der Waals surface area contributed by atoms with Crippen LogP contribution in [0.4, 0.5) is 23.8 Å². The summed E-state index contributed by atoms with van der Waals surface area (Å²) in [5, 5.41) is 5.55. The molecule has 11 heteroatoms. The molecule has 0 fully saturated rings. The molecule has 2 aromatic rings. The summed E-state index contributed by atoms with van der Waals surface area (Å²) in [6.07, 6.45) is -0.867. The third-order valence-corrected chi connectivity index (χ3v) is 4.40. The van der Waals surface area contributed by atoms with Crippen LogP contribution in [0, 0.1) is 0 Å². The normalized spacial score (nSPS) is 11.2. The van der Waals surface area contributed by atoms with Crippen molar-refractivity contribution in [3.05, 3.63) is 41.7 Å². The summed E-state index contributed by atoms with van der Waals surface area (Å²) in [5.74, 6) is 0.395. The SMILES string of the molecule is C=CCNC(=O)Nc1cnc(Sc2ncc(C(F)(F)F)cc2Cl)n1C. The maximum atomic E-state index is 12.6. The van der Waals surface area contributed by atoms with Gasteiger partial charge in [0, 0.05) is 19.8 Å². The zero-order chi connectivity index (χ0) is 18.6. The van der Waals surface area contributed by atoms with Crippen molar-refractivity contribution in [3.8, 4) is 0 Å². The van der Waals surface area contributed by atoms with Gasteiger partial charge in [-0.3, -0.25) is 5.32 Å². The van der Waals surface area contributed by atoms with E-state index in [-0.39, 0.29) is 10.0 Å². The summed E-state index contributed by atoms with van der Waals surface area (Å²) >= 11 is 6.86. The highest BCUT2D eigenvalue weighted by Crippen LogP contribution is 2.36. The van der Waals surface area contributed by atoms with Gasteiger partial charge in [-0.05, 0) is 17.8 Å². The van der Waals surface area contributed by atoms with Crippen molar-refractivity contribution < 1.29 is 18.0 Å². The first kappa shape index (κ1) is 19.1. The number of hydrogen-bond donors (Lipinski definition) is 2. The highest BCUT2D eigenvalue weighted by Gasteiger charge is 2.31. The van der Waals surface area contributed by atoms with Crippen LogP contribution in [0.15, 0.2) is 41.3 Å². The van der Waals surface area contributed by atoms with Gasteiger partial charge in [0.1, 0.15) is 10.8 Å². The second kappa shape index (κ2) is 7.79. The molecule has 0 bridgehead atoms. The summed E-state index contributed by atoms with van der Waals surface area (Å²) in [6, 6.07) is 0.368. The number of rotatable bonds is 5. The van der Waals surface area contributed by atoms with E-state index in [4.69, 9.17) is 11.6 Å². The number of nitrogens with one attached hydrogen (secondary N) is 2. The fourth-order valence-corrected chi connectivity index (χ4v) is 2.73. The van der Waals surface area contributed by atoms with Crippen molar-refractivity contribution in [1.82, 2.24) is 19.9 Å². The standard InChI is InChI=1S/C14H13ClF3N5OS/c1-3-4-19-12(24)22-10-7-21-13(23(10)2)25-11-9(15)5-8(6-20-11)14(16,17)18/h3,5-7H,1,4H2,2H3,(H2,19,22,24). The largest absolute Gasteiger partial charge is 0.417 e. The Labute approximate surface area is 150 Å². The van der Waals surface area contributed by atoms with Crippen molar-refractivity contribution in [2.24, 2.45) is 7.05 Å². The minimum absolute atomic E-state index is 0.138. The van der Waals surface area contributed by atoms with Crippen molar-refractivity contribution >= 4 is 35.2 Å². The number of aromatic nitrogens is 3. The number of halogens is 4. The Kier molecular flexibility index (Phi) is 5.96. The highest BCUT2D eigenvalue weighted by molar-refractivity contribution is 7.99. The molecule has 0 aliphatic carbocycles. The Balaban J connectivity index is 2.14. The zero-order valence-electron chi connectivity index (χ0n) is 12.9. The van der Waals surface area contributed by atoms with Crippen LogP contribution in [0.25, 0.3) is 0 Å². The molecule has 0 unspecified atom stereocenters. The lowest BCUT2D eigenvalue weighted by molar-refractivity contribution is -0.137. The quantitative estimate of drug-likeness (QED) is 0.757. The first-order valence-electron chi connectivity index (χ1n) is 6.80. The molecule has 6 nitrogen and oxygen atoms in total. The van der Waals surface area contributed by atoms with Crippen molar-refractivity contribution in [2.45, 2.75) is 16.4 Å². The van der Waals surface area contributed by atoms with Gasteiger partial charge in [-0.25, -0.2) is 14.8 Å². The van der Waals surface area contributed by atoms with E-state index in [1.165, 1.54) is 12.3 Å². The number of nitrogens with zero attached hydrogens (tertiary/aromatic N) is 3. The van der Waals surface area contributed by atoms with E-state index in [9.17, 15) is 18.0 Å². The van der Waals surface area contributed by atoms with E-state index >= 15 is 0 Å². The maximum absolute atomic E-state index is 12.6. The van der Waals surface area contributed by atoms with Gasteiger partial charge in [0.25, 0.3) is 0 Å². The van der Waals surface area contributed by atoms with Crippen molar-refractivity contribution in [3.63, 3.8) is 0 Å². The molecule has 0 aliphatic heterocycles. The third-order valence-electron chi connectivity index (χ3n) is 2.92. The number of urea groups is 1. The Hall–Kier alpha value is -2.20. The van der Waals surface area contributed by atoms with E-state index in [2.05, 4.69) is 27.2 Å². The number of carbonyl (C=O) groups is 1. The van der Waals surface area contributed by atoms with E-state index in [1.54, 1.807) is 11.6 Å². The Bertz CT molecular complexity index is 793. The average molecular weight is 392 g/mol. The molecular weight excluding hydrogens is 379 g/mol. The van der Waals surface area contributed by atoms with E-state index in [0.717, 1.165) is 17.8 Å². The molecule has 2 amide bonds. The van der Waals surface area contributed by atoms with Crippen LogP contribution in [-0.4, -0.2) is 27.1 Å². The molecule has 0 aromatic carbocycles. The Morgan fingerprint density at radius 2 is 2.16 bits per heavy atom. The van der Waals surface area contributed by atoms with E-state index in [1.807, 2.05) is 0 Å². The van der Waals surface area contributed by atoms with Gasteiger partial charge < -0.3 is 9.88 Å². The van der Waals surface area contributed by atoms with Crippen LogP contribution in [0.5, 0.6) is 0 Å². The van der Waals surface area contributed by atoms with Gasteiger partial charge in [-0.2, -0.15) is 13.2 Å². The number of alkyl halides is 3. The molecular formula is C14H13ClF3N5OS. The van der Waals surface area contributed by atoms with Gasteiger partial charge in [0.2, 0.25) is 0 Å². The van der Waals surface area contributed by atoms with Crippen LogP contribution in [-0.2, 0) is 13.2 Å². The van der Waals surface area contributed by atoms with Gasteiger partial charge in [-0.1, -0.05) is 17.7 Å². The molecule has 0 aliphatic rings. The Morgan fingerprint density at radius 3 is 2.76 bits per heavy atom. The molecule has 0 saturated heterocycles. The van der Waals surface area contributed by atoms with E-state index in [0.29, 0.717) is 23.7 Å². The number of carbonyl (C=O) groups excluding carboxylic acids is 1. The Morgan fingerprint density at radius 1 is 1.44 bits per heavy atom. The smallest absolute Gasteiger partial charge is 0.334 e. The first-order valence-corrected chi connectivity index (χ1v) is 8.00. The minimum Gasteiger partial charge on any atom is -0.334 e. The molecule has 25 heavy (non-hydrogen) atoms. The van der Waals surface area contributed by atoms with Crippen LogP contribution in [0.3, 0.4) is 0 Å². The fourth-order valence-electron chi connectivity index (χ4n) is 1.67. The van der Waals surface area contributed by atoms with Crippen LogP contribution >= 0.6 is 23.4 Å². The lowest BCUT2D eigenvalue weighted by Crippen LogP contribution is -2.29. The fraction of sp³-hybridized carbons (Fsp3) is 0.214. The number of hydrogen-bond acceptors (Lipinski definition) is 4. The summed E-state index contributed by atoms with van der Waals surface area (Å²) in [7, 11) is 1.64. The molecule has 134 valence electrons. The molecule has 0 radical (unpaired) electrons. The maximum Gasteiger partial charge on any atom is 0.417 e. The summed E-state index contributed by atoms with van der Waals surface area (Å²) < 4.78 is 39.4. The molecule has 2 aromatic heterocycles. The predicted octanol–water partition coefficient (Wildman–Crippen LogP) is 3.95. The molecule has 2 rings (SSSR count). The molecule has 0 atom stereocenters.